The van der Waals surface area contributed by atoms with Gasteiger partial charge in [-0.05, 0) is 66.8 Å². The lowest BCUT2D eigenvalue weighted by atomic mass is 10.1. The predicted molar refractivity (Wildman–Crippen MR) is 161 cm³/mol. The minimum Gasteiger partial charge on any atom is -0.464 e. The number of fused-ring (bicyclic) bond motifs is 1. The van der Waals surface area contributed by atoms with Gasteiger partial charge in [-0.1, -0.05) is 49.7 Å². The van der Waals surface area contributed by atoms with Crippen molar-refractivity contribution in [3.05, 3.63) is 117 Å². The van der Waals surface area contributed by atoms with Crippen LogP contribution in [0, 0.1) is 5.82 Å². The number of hydrogen-bond acceptors (Lipinski definition) is 5. The molecule has 0 fully saturated rings. The molecule has 0 saturated heterocycles. The lowest BCUT2D eigenvalue weighted by Gasteiger charge is -2.28. The highest BCUT2D eigenvalue weighted by Gasteiger charge is 2.24. The lowest BCUT2D eigenvalue weighted by molar-refractivity contribution is -0.133. The zero-order chi connectivity index (χ0) is 29.9. The highest BCUT2D eigenvalue weighted by molar-refractivity contribution is 5.96. The molecular weight excluding hydrogens is 535 g/mol. The van der Waals surface area contributed by atoms with Gasteiger partial charge < -0.3 is 19.0 Å². The fourth-order valence-corrected chi connectivity index (χ4v) is 4.77. The molecule has 0 bridgehead atoms. The second-order valence-corrected chi connectivity index (χ2v) is 10.3. The molecule has 2 amide bonds. The normalized spacial score (nSPS) is 11.0. The van der Waals surface area contributed by atoms with Crippen LogP contribution in [0.15, 0.2) is 88.3 Å². The van der Waals surface area contributed by atoms with E-state index >= 15 is 0 Å². The van der Waals surface area contributed by atoms with E-state index in [9.17, 15) is 18.8 Å². The molecule has 3 aromatic carbocycles. The Bertz CT molecular complexity index is 1530. The van der Waals surface area contributed by atoms with Crippen LogP contribution < -0.4 is 5.43 Å². The minimum absolute atomic E-state index is 0.0321. The first-order valence-electron chi connectivity index (χ1n) is 14.3. The topological polar surface area (TPSA) is 80.1 Å². The quantitative estimate of drug-likeness (QED) is 0.174. The summed E-state index contributed by atoms with van der Waals surface area (Å²) in [6.07, 6.45) is 5.03. The first-order chi connectivity index (χ1) is 20.4. The Kier molecular flexibility index (Phi) is 11.0. The van der Waals surface area contributed by atoms with Gasteiger partial charge in [0.15, 0.2) is 5.43 Å². The van der Waals surface area contributed by atoms with Crippen molar-refractivity contribution in [3.63, 3.8) is 0 Å². The Morgan fingerprint density at radius 3 is 2.31 bits per heavy atom. The Morgan fingerprint density at radius 1 is 0.881 bits per heavy atom. The molecule has 0 aliphatic rings. The van der Waals surface area contributed by atoms with E-state index in [1.807, 2.05) is 12.1 Å². The summed E-state index contributed by atoms with van der Waals surface area (Å²) in [5.74, 6) is -0.993. The van der Waals surface area contributed by atoms with Crippen LogP contribution in [-0.2, 0) is 29.0 Å². The van der Waals surface area contributed by atoms with Gasteiger partial charge in [-0.15, -0.1) is 0 Å². The molecule has 0 aliphatic heterocycles. The van der Waals surface area contributed by atoms with Crippen molar-refractivity contribution in [2.24, 2.45) is 0 Å². The molecule has 0 aliphatic carbocycles. The van der Waals surface area contributed by atoms with Crippen molar-refractivity contribution in [1.29, 1.82) is 0 Å². The Hall–Kier alpha value is -4.30. The van der Waals surface area contributed by atoms with Crippen LogP contribution in [0.4, 0.5) is 4.39 Å². The average Bonchev–Trinajstić information content (AvgIpc) is 3.01. The maximum atomic E-state index is 13.8. The molecule has 42 heavy (non-hydrogen) atoms. The number of para-hydroxylation sites is 1. The van der Waals surface area contributed by atoms with E-state index in [0.29, 0.717) is 47.2 Å². The molecule has 220 valence electrons. The summed E-state index contributed by atoms with van der Waals surface area (Å²) in [6, 6.07) is 20.3. The molecule has 0 radical (unpaired) electrons. The molecule has 0 atom stereocenters. The molecule has 7 nitrogen and oxygen atoms in total. The number of carbonyl (C=O) groups is 2. The first-order valence-corrected chi connectivity index (χ1v) is 14.3. The van der Waals surface area contributed by atoms with Gasteiger partial charge in [0.2, 0.25) is 5.91 Å². The van der Waals surface area contributed by atoms with Gasteiger partial charge in [0.1, 0.15) is 17.9 Å². The van der Waals surface area contributed by atoms with Crippen molar-refractivity contribution in [2.45, 2.75) is 45.7 Å². The van der Waals surface area contributed by atoms with E-state index in [4.69, 9.17) is 9.15 Å². The van der Waals surface area contributed by atoms with E-state index < -0.39 is 0 Å². The summed E-state index contributed by atoms with van der Waals surface area (Å²) >= 11 is 0. The third kappa shape index (κ3) is 8.13. The summed E-state index contributed by atoms with van der Waals surface area (Å²) in [4.78, 5) is 43.7. The monoisotopic (exact) mass is 572 g/mol. The van der Waals surface area contributed by atoms with Crippen molar-refractivity contribution in [1.82, 2.24) is 9.80 Å². The van der Waals surface area contributed by atoms with Crippen LogP contribution in [0.5, 0.6) is 0 Å². The average molecular weight is 573 g/mol. The van der Waals surface area contributed by atoms with Gasteiger partial charge in [-0.25, -0.2) is 4.39 Å². The molecule has 4 aromatic rings. The maximum absolute atomic E-state index is 13.8. The van der Waals surface area contributed by atoms with Gasteiger partial charge in [0.25, 0.3) is 5.91 Å². The van der Waals surface area contributed by atoms with Crippen molar-refractivity contribution in [2.75, 3.05) is 26.8 Å². The summed E-state index contributed by atoms with van der Waals surface area (Å²) in [7, 11) is 1.59. The molecule has 0 saturated carbocycles. The van der Waals surface area contributed by atoms with Gasteiger partial charge in [0, 0.05) is 32.4 Å². The third-order valence-electron chi connectivity index (χ3n) is 7.16. The standard InChI is InChI=1S/C34H37FN2O5/c1-3-4-8-25-11-15-27(16-12-25)34(40)36(19-7-20-41-2)23-32(38)37(21-26-13-17-29(35)18-14-26)22-28-24-42-31-10-6-5-9-30(31)33(28)39/h5-6,9-18,24H,3-4,7-8,19-23H2,1-2H3. The Labute approximate surface area is 245 Å². The van der Waals surface area contributed by atoms with Crippen LogP contribution in [0.3, 0.4) is 0 Å². The van der Waals surface area contributed by atoms with Crippen molar-refractivity contribution >= 4 is 22.8 Å². The van der Waals surface area contributed by atoms with E-state index in [1.54, 1.807) is 55.6 Å². The lowest BCUT2D eigenvalue weighted by Crippen LogP contribution is -2.43. The molecule has 0 unspecified atom stereocenters. The maximum Gasteiger partial charge on any atom is 0.254 e. The van der Waals surface area contributed by atoms with E-state index in [-0.39, 0.29) is 42.7 Å². The molecular formula is C34H37FN2O5. The number of nitrogens with zero attached hydrogens (tertiary/aromatic N) is 2. The van der Waals surface area contributed by atoms with Crippen LogP contribution in [-0.4, -0.2) is 48.4 Å². The number of carbonyl (C=O) groups excluding carboxylic acids is 2. The molecule has 8 heteroatoms. The van der Waals surface area contributed by atoms with E-state index in [1.165, 1.54) is 28.2 Å². The zero-order valence-corrected chi connectivity index (χ0v) is 24.2. The van der Waals surface area contributed by atoms with Crippen LogP contribution >= 0.6 is 0 Å². The second kappa shape index (κ2) is 15.1. The summed E-state index contributed by atoms with van der Waals surface area (Å²) < 4.78 is 24.5. The molecule has 1 heterocycles. The number of methoxy groups -OCH3 is 1. The fraction of sp³-hybridized carbons (Fsp3) is 0.324. The van der Waals surface area contributed by atoms with Crippen LogP contribution in [0.1, 0.15) is 53.2 Å². The van der Waals surface area contributed by atoms with Gasteiger partial charge in [-0.2, -0.15) is 0 Å². The first kappa shape index (κ1) is 30.7. The smallest absolute Gasteiger partial charge is 0.254 e. The van der Waals surface area contributed by atoms with Gasteiger partial charge >= 0.3 is 0 Å². The van der Waals surface area contributed by atoms with Crippen molar-refractivity contribution in [3.8, 4) is 0 Å². The molecule has 0 spiro atoms. The number of rotatable bonds is 14. The number of aryl methyl sites for hydroxylation is 1. The number of ether oxygens (including phenoxy) is 1. The third-order valence-corrected chi connectivity index (χ3v) is 7.16. The van der Waals surface area contributed by atoms with Gasteiger partial charge in [0.05, 0.1) is 23.8 Å². The highest BCUT2D eigenvalue weighted by Crippen LogP contribution is 2.16. The number of benzene rings is 3. The van der Waals surface area contributed by atoms with E-state index in [0.717, 1.165) is 24.8 Å². The van der Waals surface area contributed by atoms with Crippen LogP contribution in [0.25, 0.3) is 11.0 Å². The molecule has 4 rings (SSSR count). The zero-order valence-electron chi connectivity index (χ0n) is 24.2. The van der Waals surface area contributed by atoms with Crippen molar-refractivity contribution < 1.29 is 23.1 Å². The minimum atomic E-state index is -0.387. The second-order valence-electron chi connectivity index (χ2n) is 10.3. The molecule has 1 aromatic heterocycles. The fourth-order valence-electron chi connectivity index (χ4n) is 4.77. The summed E-state index contributed by atoms with van der Waals surface area (Å²) in [5, 5.41) is 0.419. The van der Waals surface area contributed by atoms with Crippen LogP contribution in [0.2, 0.25) is 0 Å². The number of halogens is 1. The largest absolute Gasteiger partial charge is 0.464 e. The number of hydrogen-bond donors (Lipinski definition) is 0. The summed E-state index contributed by atoms with van der Waals surface area (Å²) in [5.41, 5.74) is 2.89. The molecule has 0 N–H and O–H groups in total. The SMILES string of the molecule is CCCCc1ccc(C(=O)N(CCCOC)CC(=O)N(Cc2ccc(F)cc2)Cc2coc3ccccc3c2=O)cc1. The Balaban J connectivity index is 1.59. The number of amides is 2. The predicted octanol–water partition coefficient (Wildman–Crippen LogP) is 5.98. The highest BCUT2D eigenvalue weighted by atomic mass is 19.1. The van der Waals surface area contributed by atoms with Gasteiger partial charge in [-0.3, -0.25) is 14.4 Å². The number of unbranched alkanes of at least 4 members (excludes halogenated alkanes) is 1. The Morgan fingerprint density at radius 2 is 1.60 bits per heavy atom. The van der Waals surface area contributed by atoms with E-state index in [2.05, 4.69) is 6.92 Å². The summed E-state index contributed by atoms with van der Waals surface area (Å²) in [6.45, 7) is 2.79.